The van der Waals surface area contributed by atoms with Crippen LogP contribution in [0.2, 0.25) is 0 Å². The number of nitrogens with one attached hydrogen (secondary N) is 1. The van der Waals surface area contributed by atoms with Gasteiger partial charge in [0.2, 0.25) is 10.0 Å². The molecule has 0 unspecified atom stereocenters. The highest BCUT2D eigenvalue weighted by Gasteiger charge is 2.24. The molecule has 0 spiro atoms. The monoisotopic (exact) mass is 318 g/mol. The Bertz CT molecular complexity index is 750. The van der Waals surface area contributed by atoms with E-state index in [0.29, 0.717) is 4.90 Å². The van der Waals surface area contributed by atoms with Crippen LogP contribution in [-0.4, -0.2) is 39.0 Å². The Morgan fingerprint density at radius 3 is 2.45 bits per heavy atom. The minimum atomic E-state index is -3.44. The summed E-state index contributed by atoms with van der Waals surface area (Å²) in [6.07, 6.45) is 1.75. The van der Waals surface area contributed by atoms with E-state index in [4.69, 9.17) is 0 Å². The molecule has 0 aromatic heterocycles. The average Bonchev–Trinajstić information content (AvgIpc) is 2.55. The third kappa shape index (κ3) is 3.32. The van der Waals surface area contributed by atoms with Gasteiger partial charge in [0.05, 0.1) is 4.90 Å². The van der Waals surface area contributed by atoms with Crippen molar-refractivity contribution < 1.29 is 8.42 Å². The minimum Gasteiger partial charge on any atom is -0.303 e. The predicted octanol–water partition coefficient (Wildman–Crippen LogP) is 2.60. The maximum atomic E-state index is 12.6. The number of nitrogens with zero attached hydrogens (tertiary/aromatic N) is 1. The molecule has 0 atom stereocenters. The number of hydrogen-bond donors (Lipinski definition) is 1. The number of likely N-dealkylation sites (tertiary alicyclic amines) is 1. The Morgan fingerprint density at radius 1 is 1.09 bits per heavy atom. The molecule has 2 aromatic carbocycles. The molecule has 118 valence electrons. The van der Waals surface area contributed by atoms with Crippen LogP contribution in [-0.2, 0) is 10.0 Å². The summed E-state index contributed by atoms with van der Waals surface area (Å²) in [5, 5.41) is 2.00. The fraction of sp³-hybridized carbons (Fsp3) is 0.412. The van der Waals surface area contributed by atoms with Crippen molar-refractivity contribution in [1.82, 2.24) is 9.62 Å². The summed E-state index contributed by atoms with van der Waals surface area (Å²) in [7, 11) is -3.44. The molecule has 2 aromatic rings. The number of sulfonamides is 1. The zero-order valence-electron chi connectivity index (χ0n) is 12.8. The van der Waals surface area contributed by atoms with E-state index < -0.39 is 10.0 Å². The van der Waals surface area contributed by atoms with E-state index in [-0.39, 0.29) is 6.04 Å². The zero-order valence-corrected chi connectivity index (χ0v) is 13.6. The lowest BCUT2D eigenvalue weighted by atomic mass is 10.1. The third-order valence-electron chi connectivity index (χ3n) is 4.39. The van der Waals surface area contributed by atoms with Gasteiger partial charge in [0, 0.05) is 6.04 Å². The maximum absolute atomic E-state index is 12.6. The van der Waals surface area contributed by atoms with Crippen LogP contribution in [0.15, 0.2) is 47.4 Å². The van der Waals surface area contributed by atoms with Crippen molar-refractivity contribution in [2.24, 2.45) is 0 Å². The molecule has 0 bridgehead atoms. The lowest BCUT2D eigenvalue weighted by molar-refractivity contribution is 0.217. The molecule has 5 heteroatoms. The molecular formula is C17H22N2O2S. The summed E-state index contributed by atoms with van der Waals surface area (Å²) in [5.41, 5.74) is 0. The van der Waals surface area contributed by atoms with Crippen molar-refractivity contribution in [3.05, 3.63) is 42.5 Å². The summed E-state index contributed by atoms with van der Waals surface area (Å²) in [4.78, 5) is 2.70. The number of hydrogen-bond acceptors (Lipinski definition) is 3. The molecule has 1 fully saturated rings. The van der Waals surface area contributed by atoms with Crippen LogP contribution >= 0.6 is 0 Å². The first-order chi connectivity index (χ1) is 10.6. The van der Waals surface area contributed by atoms with Gasteiger partial charge in [0.25, 0.3) is 0 Å². The topological polar surface area (TPSA) is 49.4 Å². The van der Waals surface area contributed by atoms with Crippen molar-refractivity contribution in [2.45, 2.75) is 30.7 Å². The van der Waals surface area contributed by atoms with Gasteiger partial charge in [0.1, 0.15) is 0 Å². The van der Waals surface area contributed by atoms with Crippen LogP contribution in [0.1, 0.15) is 19.8 Å². The standard InChI is InChI=1S/C17H22N2O2S/c1-2-19-11-9-16(10-12-19)18-22(20,21)17-8-7-14-5-3-4-6-15(14)13-17/h3-8,13,16,18H,2,9-12H2,1H3. The van der Waals surface area contributed by atoms with Crippen molar-refractivity contribution >= 4 is 20.8 Å². The van der Waals surface area contributed by atoms with Crippen molar-refractivity contribution in [2.75, 3.05) is 19.6 Å². The Balaban J connectivity index is 1.77. The average molecular weight is 318 g/mol. The minimum absolute atomic E-state index is 0.0410. The fourth-order valence-electron chi connectivity index (χ4n) is 2.99. The molecule has 0 aliphatic carbocycles. The van der Waals surface area contributed by atoms with Crippen molar-refractivity contribution in [1.29, 1.82) is 0 Å². The fourth-order valence-corrected chi connectivity index (χ4v) is 4.33. The van der Waals surface area contributed by atoms with Gasteiger partial charge in [-0.15, -0.1) is 0 Å². The van der Waals surface area contributed by atoms with E-state index in [1.54, 1.807) is 12.1 Å². The zero-order chi connectivity index (χ0) is 15.6. The van der Waals surface area contributed by atoms with Gasteiger partial charge in [-0.1, -0.05) is 37.3 Å². The summed E-state index contributed by atoms with van der Waals surface area (Å²) in [6, 6.07) is 13.1. The van der Waals surface area contributed by atoms with E-state index >= 15 is 0 Å². The van der Waals surface area contributed by atoms with Gasteiger partial charge >= 0.3 is 0 Å². The summed E-state index contributed by atoms with van der Waals surface area (Å²) in [5.74, 6) is 0. The highest BCUT2D eigenvalue weighted by molar-refractivity contribution is 7.89. The molecule has 4 nitrogen and oxygen atoms in total. The van der Waals surface area contributed by atoms with Gasteiger partial charge in [-0.3, -0.25) is 0 Å². The Kier molecular flexibility index (Phi) is 4.47. The van der Waals surface area contributed by atoms with Gasteiger partial charge < -0.3 is 4.90 Å². The van der Waals surface area contributed by atoms with Crippen LogP contribution in [0.4, 0.5) is 0 Å². The molecular weight excluding hydrogens is 296 g/mol. The smallest absolute Gasteiger partial charge is 0.240 e. The highest BCUT2D eigenvalue weighted by atomic mass is 32.2. The summed E-state index contributed by atoms with van der Waals surface area (Å²) >= 11 is 0. The molecule has 1 aliphatic heterocycles. The van der Waals surface area contributed by atoms with E-state index in [9.17, 15) is 8.42 Å². The van der Waals surface area contributed by atoms with Gasteiger partial charge in [-0.2, -0.15) is 0 Å². The Morgan fingerprint density at radius 2 is 1.77 bits per heavy atom. The molecule has 3 rings (SSSR count). The molecule has 0 amide bonds. The SMILES string of the molecule is CCN1CCC(NS(=O)(=O)c2ccc3ccccc3c2)CC1. The lowest BCUT2D eigenvalue weighted by Gasteiger charge is -2.31. The van der Waals surface area contributed by atoms with E-state index in [0.717, 1.165) is 43.2 Å². The maximum Gasteiger partial charge on any atom is 0.240 e. The largest absolute Gasteiger partial charge is 0.303 e. The Hall–Kier alpha value is -1.43. The predicted molar refractivity (Wildman–Crippen MR) is 89.4 cm³/mol. The lowest BCUT2D eigenvalue weighted by Crippen LogP contribution is -2.44. The van der Waals surface area contributed by atoms with Crippen molar-refractivity contribution in [3.63, 3.8) is 0 Å². The molecule has 22 heavy (non-hydrogen) atoms. The second-order valence-corrected chi connectivity index (χ2v) is 7.55. The molecule has 1 N–H and O–H groups in total. The van der Waals surface area contributed by atoms with E-state index in [2.05, 4.69) is 16.5 Å². The molecule has 0 saturated carbocycles. The second-order valence-electron chi connectivity index (χ2n) is 5.84. The van der Waals surface area contributed by atoms with Crippen LogP contribution in [0.25, 0.3) is 10.8 Å². The summed E-state index contributed by atoms with van der Waals surface area (Å²) < 4.78 is 28.0. The van der Waals surface area contributed by atoms with E-state index in [1.165, 1.54) is 0 Å². The quantitative estimate of drug-likeness (QED) is 0.943. The van der Waals surface area contributed by atoms with Gasteiger partial charge in [-0.05, 0) is 55.4 Å². The van der Waals surface area contributed by atoms with Crippen LogP contribution in [0.5, 0.6) is 0 Å². The normalized spacial score (nSPS) is 17.9. The van der Waals surface area contributed by atoms with E-state index in [1.807, 2.05) is 30.3 Å². The van der Waals surface area contributed by atoms with Crippen molar-refractivity contribution in [3.8, 4) is 0 Å². The first kappa shape index (κ1) is 15.5. The number of rotatable bonds is 4. The second kappa shape index (κ2) is 6.36. The first-order valence-electron chi connectivity index (χ1n) is 7.82. The number of piperidine rings is 1. The van der Waals surface area contributed by atoms with Crippen LogP contribution in [0.3, 0.4) is 0 Å². The first-order valence-corrected chi connectivity index (χ1v) is 9.30. The third-order valence-corrected chi connectivity index (χ3v) is 5.91. The molecule has 1 saturated heterocycles. The van der Waals surface area contributed by atoms with Gasteiger partial charge in [-0.25, -0.2) is 13.1 Å². The van der Waals surface area contributed by atoms with Crippen LogP contribution < -0.4 is 4.72 Å². The van der Waals surface area contributed by atoms with Gasteiger partial charge in [0.15, 0.2) is 0 Å². The molecule has 0 radical (unpaired) electrons. The summed E-state index contributed by atoms with van der Waals surface area (Å²) in [6.45, 7) is 5.09. The molecule has 1 aliphatic rings. The molecule has 1 heterocycles. The number of fused-ring (bicyclic) bond motifs is 1. The van der Waals surface area contributed by atoms with Crippen LogP contribution in [0, 0.1) is 0 Å². The Labute approximate surface area is 132 Å². The number of benzene rings is 2. The highest BCUT2D eigenvalue weighted by Crippen LogP contribution is 2.20.